The van der Waals surface area contributed by atoms with Crippen LogP contribution < -0.4 is 0 Å². The van der Waals surface area contributed by atoms with Gasteiger partial charge in [0.1, 0.15) is 4.33 Å². The number of rotatable bonds is 3. The van der Waals surface area contributed by atoms with E-state index in [2.05, 4.69) is 0 Å². The standard InChI is InChI=1S/C5H7Cl2F3O2S/c1-2-4(6,7)3-13(11,12)5(8,9)10/h2-3H2,1H3. The Balaban J connectivity index is 4.74. The first kappa shape index (κ1) is 13.3. The number of hydrogen-bond acceptors (Lipinski definition) is 2. The monoisotopic (exact) mass is 258 g/mol. The average molecular weight is 259 g/mol. The molecule has 2 nitrogen and oxygen atoms in total. The van der Waals surface area contributed by atoms with Crippen LogP contribution >= 0.6 is 23.2 Å². The van der Waals surface area contributed by atoms with Crippen molar-refractivity contribution in [2.75, 3.05) is 5.75 Å². The van der Waals surface area contributed by atoms with Gasteiger partial charge in [0, 0.05) is 0 Å². The lowest BCUT2D eigenvalue weighted by Gasteiger charge is -2.17. The summed E-state index contributed by atoms with van der Waals surface area (Å²) >= 11 is 10.6. The normalized spacial score (nSPS) is 14.6. The summed E-state index contributed by atoms with van der Waals surface area (Å²) < 4.78 is 54.6. The molecule has 0 saturated heterocycles. The van der Waals surface area contributed by atoms with Gasteiger partial charge in [-0.25, -0.2) is 8.42 Å². The van der Waals surface area contributed by atoms with E-state index in [1.54, 1.807) is 0 Å². The van der Waals surface area contributed by atoms with E-state index in [1.165, 1.54) is 6.92 Å². The quantitative estimate of drug-likeness (QED) is 0.730. The lowest BCUT2D eigenvalue weighted by molar-refractivity contribution is -0.0436. The van der Waals surface area contributed by atoms with Gasteiger partial charge in [0.2, 0.25) is 0 Å². The van der Waals surface area contributed by atoms with Crippen LogP contribution in [0.15, 0.2) is 0 Å². The lowest BCUT2D eigenvalue weighted by Crippen LogP contribution is -2.34. The molecule has 0 N–H and O–H groups in total. The topological polar surface area (TPSA) is 34.1 Å². The fourth-order valence-electron chi connectivity index (χ4n) is 0.462. The second-order valence-corrected chi connectivity index (χ2v) is 6.04. The van der Waals surface area contributed by atoms with Crippen LogP contribution in [0.5, 0.6) is 0 Å². The van der Waals surface area contributed by atoms with Gasteiger partial charge in [0.05, 0.1) is 5.75 Å². The lowest BCUT2D eigenvalue weighted by atomic mass is 10.4. The zero-order chi connectivity index (χ0) is 10.9. The molecule has 0 aliphatic rings. The van der Waals surface area contributed by atoms with Gasteiger partial charge >= 0.3 is 5.51 Å². The maximum absolute atomic E-state index is 11.8. The second-order valence-electron chi connectivity index (χ2n) is 2.41. The SMILES string of the molecule is CCC(Cl)(Cl)CS(=O)(=O)C(F)(F)F. The Morgan fingerprint density at radius 2 is 1.62 bits per heavy atom. The van der Waals surface area contributed by atoms with Crippen molar-refractivity contribution in [3.63, 3.8) is 0 Å². The van der Waals surface area contributed by atoms with Crippen LogP contribution in [0.25, 0.3) is 0 Å². The molecule has 0 unspecified atom stereocenters. The van der Waals surface area contributed by atoms with Gasteiger partial charge < -0.3 is 0 Å². The van der Waals surface area contributed by atoms with Crippen LogP contribution in [-0.2, 0) is 9.84 Å². The van der Waals surface area contributed by atoms with Crippen molar-refractivity contribution in [1.29, 1.82) is 0 Å². The van der Waals surface area contributed by atoms with Crippen LogP contribution in [0.2, 0.25) is 0 Å². The Morgan fingerprint density at radius 1 is 1.23 bits per heavy atom. The molecule has 0 amide bonds. The first-order valence-electron chi connectivity index (χ1n) is 3.19. The molecule has 80 valence electrons. The van der Waals surface area contributed by atoms with E-state index in [1.807, 2.05) is 0 Å². The molecule has 0 heterocycles. The number of hydrogen-bond donors (Lipinski definition) is 0. The van der Waals surface area contributed by atoms with E-state index < -0.39 is 25.4 Å². The molecule has 13 heavy (non-hydrogen) atoms. The molecule has 0 rings (SSSR count). The molecule has 0 aliphatic heterocycles. The van der Waals surface area contributed by atoms with Crippen molar-refractivity contribution in [2.24, 2.45) is 0 Å². The highest BCUT2D eigenvalue weighted by molar-refractivity contribution is 7.92. The molecule has 0 atom stereocenters. The van der Waals surface area contributed by atoms with E-state index in [-0.39, 0.29) is 6.42 Å². The van der Waals surface area contributed by atoms with Crippen LogP contribution in [0.1, 0.15) is 13.3 Å². The number of sulfone groups is 1. The summed E-state index contributed by atoms with van der Waals surface area (Å²) in [6.07, 6.45) is -0.0780. The molecule has 0 aliphatic carbocycles. The highest BCUT2D eigenvalue weighted by Gasteiger charge is 2.49. The zero-order valence-corrected chi connectivity index (χ0v) is 8.86. The predicted octanol–water partition coefficient (Wildman–Crippen LogP) is 2.50. The van der Waals surface area contributed by atoms with E-state index in [4.69, 9.17) is 23.2 Å². The fraction of sp³-hybridized carbons (Fsp3) is 1.00. The minimum Gasteiger partial charge on any atom is -0.219 e. The maximum Gasteiger partial charge on any atom is 0.497 e. The van der Waals surface area contributed by atoms with Gasteiger partial charge in [-0.2, -0.15) is 13.2 Å². The minimum absolute atomic E-state index is 0.0780. The summed E-state index contributed by atoms with van der Waals surface area (Å²) in [5.41, 5.74) is -5.29. The molecule has 0 bridgehead atoms. The Bertz CT molecular complexity index is 270. The highest BCUT2D eigenvalue weighted by Crippen LogP contribution is 2.33. The Hall–Kier alpha value is 0.320. The number of alkyl halides is 5. The zero-order valence-electron chi connectivity index (χ0n) is 6.53. The maximum atomic E-state index is 11.8. The first-order valence-corrected chi connectivity index (χ1v) is 5.59. The molecular weight excluding hydrogens is 252 g/mol. The molecule has 0 aromatic rings. The molecule has 0 saturated carbocycles. The van der Waals surface area contributed by atoms with E-state index in [0.717, 1.165) is 0 Å². The molecule has 0 radical (unpaired) electrons. The summed E-state index contributed by atoms with van der Waals surface area (Å²) in [4.78, 5) is 0. The third kappa shape index (κ3) is 3.91. The summed E-state index contributed by atoms with van der Waals surface area (Å²) in [7, 11) is -5.23. The Labute approximate surface area is 83.9 Å². The van der Waals surface area contributed by atoms with Crippen molar-refractivity contribution < 1.29 is 21.6 Å². The molecule has 0 aromatic carbocycles. The van der Waals surface area contributed by atoms with Crippen molar-refractivity contribution in [3.8, 4) is 0 Å². The Morgan fingerprint density at radius 3 is 1.85 bits per heavy atom. The Kier molecular flexibility index (Phi) is 3.92. The second kappa shape index (κ2) is 3.82. The van der Waals surface area contributed by atoms with Crippen molar-refractivity contribution in [1.82, 2.24) is 0 Å². The third-order valence-electron chi connectivity index (χ3n) is 1.27. The highest BCUT2D eigenvalue weighted by atomic mass is 35.5. The van der Waals surface area contributed by atoms with E-state index >= 15 is 0 Å². The predicted molar refractivity (Wildman–Crippen MR) is 44.6 cm³/mol. The van der Waals surface area contributed by atoms with Gasteiger partial charge in [-0.3, -0.25) is 0 Å². The summed E-state index contributed by atoms with van der Waals surface area (Å²) in [6.45, 7) is 1.39. The van der Waals surface area contributed by atoms with Gasteiger partial charge in [0.15, 0.2) is 0 Å². The summed E-state index contributed by atoms with van der Waals surface area (Å²) in [5.74, 6) is -1.32. The van der Waals surface area contributed by atoms with Gasteiger partial charge in [0.25, 0.3) is 9.84 Å². The molecule has 0 fully saturated rings. The first-order chi connectivity index (χ1) is 5.52. The van der Waals surface area contributed by atoms with Gasteiger partial charge in [-0.1, -0.05) is 6.92 Å². The van der Waals surface area contributed by atoms with E-state index in [0.29, 0.717) is 0 Å². The summed E-state index contributed by atoms with van der Waals surface area (Å²) in [6, 6.07) is 0. The minimum atomic E-state index is -5.29. The van der Waals surface area contributed by atoms with Crippen LogP contribution in [0, 0.1) is 0 Å². The number of halogens is 5. The average Bonchev–Trinajstić information content (AvgIpc) is 1.83. The molecule has 0 aromatic heterocycles. The van der Waals surface area contributed by atoms with Crippen molar-refractivity contribution >= 4 is 33.0 Å². The summed E-state index contributed by atoms with van der Waals surface area (Å²) in [5, 5.41) is 0. The fourth-order valence-corrected chi connectivity index (χ4v) is 2.25. The van der Waals surface area contributed by atoms with E-state index in [9.17, 15) is 21.6 Å². The molecule has 8 heteroatoms. The third-order valence-corrected chi connectivity index (χ3v) is 3.97. The van der Waals surface area contributed by atoms with Crippen LogP contribution in [0.3, 0.4) is 0 Å². The molecule has 0 spiro atoms. The smallest absolute Gasteiger partial charge is 0.219 e. The molecular formula is C5H7Cl2F3O2S. The van der Waals surface area contributed by atoms with Crippen LogP contribution in [0.4, 0.5) is 13.2 Å². The largest absolute Gasteiger partial charge is 0.497 e. The van der Waals surface area contributed by atoms with Crippen molar-refractivity contribution in [3.05, 3.63) is 0 Å². The van der Waals surface area contributed by atoms with Crippen LogP contribution in [-0.4, -0.2) is 24.0 Å². The van der Waals surface area contributed by atoms with Gasteiger partial charge in [-0.15, -0.1) is 23.2 Å². The van der Waals surface area contributed by atoms with Gasteiger partial charge in [-0.05, 0) is 6.42 Å². The van der Waals surface area contributed by atoms with Crippen molar-refractivity contribution in [2.45, 2.75) is 23.2 Å².